The van der Waals surface area contributed by atoms with Crippen molar-refractivity contribution in [3.63, 3.8) is 0 Å². The summed E-state index contributed by atoms with van der Waals surface area (Å²) in [5.74, 6) is -0.505. The summed E-state index contributed by atoms with van der Waals surface area (Å²) in [4.78, 5) is 18.8. The van der Waals surface area contributed by atoms with Gasteiger partial charge >= 0.3 is 6.18 Å². The van der Waals surface area contributed by atoms with Gasteiger partial charge in [-0.05, 0) is 12.5 Å². The fourth-order valence-electron chi connectivity index (χ4n) is 4.45. The van der Waals surface area contributed by atoms with Crippen molar-refractivity contribution in [2.45, 2.75) is 19.2 Å². The molecule has 2 aromatic carbocycles. The highest BCUT2D eigenvalue weighted by molar-refractivity contribution is 7.16. The van der Waals surface area contributed by atoms with Crippen LogP contribution in [0.1, 0.15) is 27.2 Å². The monoisotopic (exact) mass is 576 g/mol. The Labute approximate surface area is 231 Å². The second-order valence-corrected chi connectivity index (χ2v) is 10.2. The van der Waals surface area contributed by atoms with Crippen molar-refractivity contribution in [1.29, 1.82) is 0 Å². The number of primary amides is 1. The summed E-state index contributed by atoms with van der Waals surface area (Å²) in [7, 11) is 0. The maximum absolute atomic E-state index is 13.4. The molecule has 212 valence electrons. The molecule has 13 heteroatoms. The number of rotatable bonds is 10. The highest BCUT2D eigenvalue weighted by Gasteiger charge is 2.33. The zero-order valence-corrected chi connectivity index (χ0v) is 22.1. The van der Waals surface area contributed by atoms with Crippen LogP contribution in [0.25, 0.3) is 16.0 Å². The van der Waals surface area contributed by atoms with E-state index in [0.29, 0.717) is 28.4 Å². The number of halogens is 3. The largest absolute Gasteiger partial charge is 0.504 e. The minimum absolute atomic E-state index is 0.0470. The molecule has 1 aliphatic heterocycles. The number of nitrogens with two attached hydrogens (primary N) is 1. The van der Waals surface area contributed by atoms with Crippen LogP contribution in [0.5, 0.6) is 17.2 Å². The van der Waals surface area contributed by atoms with E-state index in [1.54, 1.807) is 10.6 Å². The number of hydrogen-bond acceptors (Lipinski definition) is 8. The molecule has 0 bridgehead atoms. The fourth-order valence-corrected chi connectivity index (χ4v) is 5.39. The number of hydrogen-bond donors (Lipinski definition) is 2. The van der Waals surface area contributed by atoms with Crippen LogP contribution in [0.4, 0.5) is 13.2 Å². The summed E-state index contributed by atoms with van der Waals surface area (Å²) >= 11 is 1.00. The number of carbonyl (C=O) groups excluding carboxylic acids is 1. The average Bonchev–Trinajstić information content (AvgIpc) is 3.54. The number of thiophene rings is 1. The Balaban J connectivity index is 1.32. The molecule has 3 heterocycles. The Bertz CT molecular complexity index is 1500. The number of nitrogens with zero attached hydrogens (tertiary/aromatic N) is 3. The van der Waals surface area contributed by atoms with E-state index in [-0.39, 0.29) is 21.9 Å². The first-order valence-corrected chi connectivity index (χ1v) is 13.4. The van der Waals surface area contributed by atoms with Crippen LogP contribution in [-0.4, -0.2) is 64.9 Å². The Morgan fingerprint density at radius 2 is 1.90 bits per heavy atom. The second-order valence-electron chi connectivity index (χ2n) is 9.17. The van der Waals surface area contributed by atoms with Crippen molar-refractivity contribution in [3.8, 4) is 22.2 Å². The molecular formula is C27H27F3N4O5S. The molecule has 0 atom stereocenters. The number of aromatic hydroxyl groups is 1. The van der Waals surface area contributed by atoms with E-state index in [4.69, 9.17) is 19.9 Å². The number of ether oxygens (including phenoxy) is 3. The van der Waals surface area contributed by atoms with Crippen LogP contribution >= 0.6 is 11.3 Å². The van der Waals surface area contributed by atoms with Gasteiger partial charge in [-0.3, -0.25) is 14.3 Å². The fraction of sp³-hybridized carbons (Fsp3) is 0.333. The molecule has 3 N–H and O–H groups in total. The highest BCUT2D eigenvalue weighted by atomic mass is 32.1. The zero-order valence-electron chi connectivity index (χ0n) is 21.3. The Kier molecular flexibility index (Phi) is 8.14. The predicted molar refractivity (Wildman–Crippen MR) is 142 cm³/mol. The number of phenolic OH excluding ortho intramolecular Hbond substituents is 1. The molecule has 1 amide bonds. The minimum Gasteiger partial charge on any atom is -0.504 e. The van der Waals surface area contributed by atoms with E-state index in [1.807, 2.05) is 0 Å². The van der Waals surface area contributed by atoms with Crippen molar-refractivity contribution >= 4 is 28.3 Å². The number of alkyl halides is 3. The average molecular weight is 577 g/mol. The second kappa shape index (κ2) is 11.7. The number of carbonyl (C=O) groups is 1. The van der Waals surface area contributed by atoms with E-state index < -0.39 is 24.3 Å². The van der Waals surface area contributed by atoms with Crippen molar-refractivity contribution < 1.29 is 37.3 Å². The molecule has 0 saturated carbocycles. The van der Waals surface area contributed by atoms with Gasteiger partial charge in [0.15, 0.2) is 11.5 Å². The smallest absolute Gasteiger partial charge is 0.416 e. The number of phenols is 1. The summed E-state index contributed by atoms with van der Waals surface area (Å²) in [6.07, 6.45) is -2.26. The maximum Gasteiger partial charge on any atom is 0.416 e. The van der Waals surface area contributed by atoms with Crippen LogP contribution in [0.15, 0.2) is 48.8 Å². The van der Waals surface area contributed by atoms with Gasteiger partial charge in [0.05, 0.1) is 36.4 Å². The van der Waals surface area contributed by atoms with Gasteiger partial charge in [-0.2, -0.15) is 13.2 Å². The molecule has 0 radical (unpaired) electrons. The molecule has 0 spiro atoms. The quantitative estimate of drug-likeness (QED) is 0.266. The van der Waals surface area contributed by atoms with Crippen LogP contribution in [0, 0.1) is 0 Å². The first kappa shape index (κ1) is 27.7. The van der Waals surface area contributed by atoms with E-state index in [2.05, 4.69) is 9.88 Å². The van der Waals surface area contributed by atoms with Gasteiger partial charge in [-0.1, -0.05) is 18.2 Å². The maximum atomic E-state index is 13.4. The lowest BCUT2D eigenvalue weighted by atomic mass is 10.1. The standard InChI is InChI=1S/C27H27F3N4O5S/c28-27(29,30)18-5-2-1-4-17(18)15-39-23-14-24(40-25(23)26(31)36)34-16-32-19-12-22(21(35)13-20(19)34)38-9-3-6-33-7-10-37-11-8-33/h1-2,4-5,12-14,16,35H,3,6-11,15H2,(H2,31,36). The van der Waals surface area contributed by atoms with Crippen molar-refractivity contribution in [2.75, 3.05) is 39.5 Å². The van der Waals surface area contributed by atoms with Crippen molar-refractivity contribution in [3.05, 3.63) is 64.8 Å². The third-order valence-corrected chi connectivity index (χ3v) is 7.59. The molecule has 2 aromatic heterocycles. The lowest BCUT2D eigenvalue weighted by molar-refractivity contribution is -0.138. The third-order valence-electron chi connectivity index (χ3n) is 6.46. The molecule has 1 aliphatic rings. The van der Waals surface area contributed by atoms with Crippen molar-refractivity contribution in [2.24, 2.45) is 5.73 Å². The van der Waals surface area contributed by atoms with Gasteiger partial charge in [0.1, 0.15) is 28.6 Å². The zero-order chi connectivity index (χ0) is 28.3. The third kappa shape index (κ3) is 6.16. The number of fused-ring (bicyclic) bond motifs is 1. The molecule has 1 fully saturated rings. The van der Waals surface area contributed by atoms with Gasteiger partial charge in [0, 0.05) is 43.4 Å². The minimum atomic E-state index is -4.55. The number of benzene rings is 2. The molecule has 9 nitrogen and oxygen atoms in total. The molecule has 5 rings (SSSR count). The van der Waals surface area contributed by atoms with E-state index >= 15 is 0 Å². The molecule has 1 saturated heterocycles. The van der Waals surface area contributed by atoms with Crippen LogP contribution in [0.2, 0.25) is 0 Å². The number of aromatic nitrogens is 2. The van der Waals surface area contributed by atoms with Gasteiger partial charge in [-0.15, -0.1) is 11.3 Å². The lowest BCUT2D eigenvalue weighted by Gasteiger charge is -2.26. The van der Waals surface area contributed by atoms with Gasteiger partial charge in [0.2, 0.25) is 0 Å². The predicted octanol–water partition coefficient (Wildman–Crippen LogP) is 4.59. The normalized spacial score (nSPS) is 14.5. The van der Waals surface area contributed by atoms with Crippen LogP contribution in [0.3, 0.4) is 0 Å². The lowest BCUT2D eigenvalue weighted by Crippen LogP contribution is -2.37. The first-order valence-electron chi connectivity index (χ1n) is 12.6. The summed E-state index contributed by atoms with van der Waals surface area (Å²) < 4.78 is 58.5. The van der Waals surface area contributed by atoms with Gasteiger partial charge in [-0.25, -0.2) is 4.98 Å². The van der Waals surface area contributed by atoms with E-state index in [9.17, 15) is 23.1 Å². The summed E-state index contributed by atoms with van der Waals surface area (Å²) in [5.41, 5.74) is 5.71. The molecule has 0 unspecified atom stereocenters. The Hall–Kier alpha value is -3.81. The molecule has 40 heavy (non-hydrogen) atoms. The topological polar surface area (TPSA) is 112 Å². The van der Waals surface area contributed by atoms with Crippen LogP contribution in [-0.2, 0) is 17.5 Å². The molecule has 0 aliphatic carbocycles. The first-order chi connectivity index (χ1) is 19.2. The number of morpholine rings is 1. The molecular weight excluding hydrogens is 549 g/mol. The number of amides is 1. The Morgan fingerprint density at radius 3 is 2.65 bits per heavy atom. The van der Waals surface area contributed by atoms with Gasteiger partial charge in [0.25, 0.3) is 5.91 Å². The van der Waals surface area contributed by atoms with Crippen LogP contribution < -0.4 is 15.2 Å². The molecule has 4 aromatic rings. The summed E-state index contributed by atoms with van der Waals surface area (Å²) in [5, 5.41) is 11.1. The SMILES string of the molecule is NC(=O)c1sc(-n2cnc3cc(OCCCN4CCOCC4)c(O)cc32)cc1OCc1ccccc1C(F)(F)F. The highest BCUT2D eigenvalue weighted by Crippen LogP contribution is 2.38. The van der Waals surface area contributed by atoms with E-state index in [0.717, 1.165) is 56.7 Å². The Morgan fingerprint density at radius 1 is 1.12 bits per heavy atom. The number of imidazole rings is 1. The summed E-state index contributed by atoms with van der Waals surface area (Å²) in [6.45, 7) is 4.11. The van der Waals surface area contributed by atoms with Crippen molar-refractivity contribution in [1.82, 2.24) is 14.5 Å². The van der Waals surface area contributed by atoms with E-state index in [1.165, 1.54) is 36.7 Å². The summed E-state index contributed by atoms with van der Waals surface area (Å²) in [6, 6.07) is 9.70. The van der Waals surface area contributed by atoms with Gasteiger partial charge < -0.3 is 25.1 Å².